The van der Waals surface area contributed by atoms with Crippen LogP contribution in [0.25, 0.3) is 0 Å². The highest BCUT2D eigenvalue weighted by Crippen LogP contribution is 2.28. The number of nitrogens with zero attached hydrogens (tertiary/aromatic N) is 3. The minimum absolute atomic E-state index is 0.115. The van der Waals surface area contributed by atoms with Crippen molar-refractivity contribution in [2.75, 3.05) is 20.1 Å². The summed E-state index contributed by atoms with van der Waals surface area (Å²) < 4.78 is 10.2. The van der Waals surface area contributed by atoms with Gasteiger partial charge in [-0.05, 0) is 5.75 Å². The maximum absolute atomic E-state index is 11.3. The van der Waals surface area contributed by atoms with Crippen LogP contribution in [-0.4, -0.2) is 30.0 Å². The average molecular weight is 366 g/mol. The molecule has 2 N–H and O–H groups in total. The molecule has 0 atom stereocenters. The van der Waals surface area contributed by atoms with Crippen LogP contribution in [0.2, 0.25) is 0 Å². The number of hydrogen-bond acceptors (Lipinski definition) is 9. The van der Waals surface area contributed by atoms with Crippen LogP contribution in [0.3, 0.4) is 0 Å². The summed E-state index contributed by atoms with van der Waals surface area (Å²) in [7, 11) is 2.36. The van der Waals surface area contributed by atoms with Gasteiger partial charge >= 0.3 is 11.7 Å². The second-order valence-electron chi connectivity index (χ2n) is 4.51. The van der Waals surface area contributed by atoms with Crippen LogP contribution < -0.4 is 20.4 Å². The monoisotopic (exact) mass is 366 g/mol. The molecule has 138 valence electrons. The van der Waals surface area contributed by atoms with Crippen molar-refractivity contribution in [3.63, 3.8) is 0 Å². The third-order valence-electron chi connectivity index (χ3n) is 2.90. The van der Waals surface area contributed by atoms with Gasteiger partial charge in [-0.1, -0.05) is 22.9 Å². The molecule has 1 heterocycles. The van der Waals surface area contributed by atoms with E-state index in [4.69, 9.17) is 10.6 Å². The number of methoxy groups -OCH3 is 2. The number of ether oxygens (including phenoxy) is 2. The fourth-order valence-electron chi connectivity index (χ4n) is 1.78. The Labute approximate surface area is 146 Å². The molecule has 0 unspecified atom stereocenters. The van der Waals surface area contributed by atoms with Gasteiger partial charge in [0, 0.05) is 6.07 Å². The molecule has 12 heteroatoms. The lowest BCUT2D eigenvalue weighted by molar-refractivity contribution is -0.640. The summed E-state index contributed by atoms with van der Waals surface area (Å²) in [5, 5.41) is 31.4. The van der Waals surface area contributed by atoms with E-state index in [2.05, 4.69) is 4.74 Å². The Balaban J connectivity index is 0.000000289. The van der Waals surface area contributed by atoms with E-state index in [1.54, 1.807) is 0 Å². The van der Waals surface area contributed by atoms with E-state index in [9.17, 15) is 30.1 Å². The minimum Gasteiger partial charge on any atom is -0.868 e. The predicted octanol–water partition coefficient (Wildman–Crippen LogP) is 0.0597. The van der Waals surface area contributed by atoms with E-state index in [1.807, 2.05) is 0 Å². The minimum atomic E-state index is -0.857. The number of benzene rings is 1. The highest BCUT2D eigenvalue weighted by atomic mass is 16.6. The van der Waals surface area contributed by atoms with Gasteiger partial charge in [-0.2, -0.15) is 0 Å². The highest BCUT2D eigenvalue weighted by Gasteiger charge is 2.31. The number of rotatable bonds is 4. The van der Waals surface area contributed by atoms with Crippen LogP contribution in [0.1, 0.15) is 10.4 Å². The van der Waals surface area contributed by atoms with Crippen molar-refractivity contribution in [3.05, 3.63) is 62.5 Å². The molecule has 2 aromatic rings. The lowest BCUT2D eigenvalue weighted by Gasteiger charge is -2.02. The van der Waals surface area contributed by atoms with E-state index >= 15 is 0 Å². The first-order valence-corrected chi connectivity index (χ1v) is 6.74. The number of hydrogen-bond donors (Lipinski definition) is 1. The molecule has 26 heavy (non-hydrogen) atoms. The number of carbonyl (C=O) groups excluding carboxylic acids is 1. The summed E-state index contributed by atoms with van der Waals surface area (Å²) >= 11 is 0. The molecule has 0 spiro atoms. The van der Waals surface area contributed by atoms with Crippen LogP contribution in [0.5, 0.6) is 11.5 Å². The molecule has 1 aromatic carbocycles. The van der Waals surface area contributed by atoms with Crippen molar-refractivity contribution in [1.29, 1.82) is 0 Å². The van der Waals surface area contributed by atoms with Crippen LogP contribution in [0.4, 0.5) is 11.4 Å². The lowest BCUT2D eigenvalue weighted by atomic mass is 10.2. The Morgan fingerprint density at radius 3 is 2.15 bits per heavy atom. The van der Waals surface area contributed by atoms with Crippen LogP contribution in [0, 0.1) is 20.2 Å². The van der Waals surface area contributed by atoms with Gasteiger partial charge in [0.05, 0.1) is 24.1 Å². The van der Waals surface area contributed by atoms with Gasteiger partial charge in [-0.15, -0.1) is 0 Å². The van der Waals surface area contributed by atoms with Gasteiger partial charge in [0.2, 0.25) is 18.0 Å². The van der Waals surface area contributed by atoms with Crippen molar-refractivity contribution in [2.45, 2.75) is 0 Å². The Hall–Kier alpha value is -3.96. The quantitative estimate of drug-likeness (QED) is 0.258. The number of nitro groups is 2. The summed E-state index contributed by atoms with van der Waals surface area (Å²) in [6.45, 7) is 0. The maximum atomic E-state index is 11.3. The predicted molar refractivity (Wildman–Crippen MR) is 83.9 cm³/mol. The molecule has 0 aliphatic carbocycles. The smallest absolute Gasteiger partial charge is 0.351 e. The van der Waals surface area contributed by atoms with Crippen LogP contribution in [-0.2, 0) is 4.74 Å². The molecular weight excluding hydrogens is 352 g/mol. The van der Waals surface area contributed by atoms with E-state index in [0.717, 1.165) is 24.0 Å². The molecule has 0 amide bonds. The third kappa shape index (κ3) is 4.77. The zero-order chi connectivity index (χ0) is 19.9. The first-order chi connectivity index (χ1) is 12.2. The molecule has 0 aliphatic heterocycles. The molecular formula is C14H14N4O8. The first-order valence-electron chi connectivity index (χ1n) is 6.74. The largest absolute Gasteiger partial charge is 0.868 e. The van der Waals surface area contributed by atoms with Crippen molar-refractivity contribution in [1.82, 2.24) is 0 Å². The van der Waals surface area contributed by atoms with Crippen molar-refractivity contribution < 1.29 is 33.9 Å². The molecule has 12 nitrogen and oxygen atoms in total. The van der Waals surface area contributed by atoms with Crippen molar-refractivity contribution >= 4 is 17.3 Å². The third-order valence-corrected chi connectivity index (χ3v) is 2.90. The summed E-state index contributed by atoms with van der Waals surface area (Å²) in [6, 6.07) is 5.27. The van der Waals surface area contributed by atoms with Gasteiger partial charge in [0.1, 0.15) is 0 Å². The summed E-state index contributed by atoms with van der Waals surface area (Å²) in [6.07, 6.45) is 2.27. The molecule has 0 radical (unpaired) electrons. The number of nitro benzene ring substituents is 1. The van der Waals surface area contributed by atoms with Gasteiger partial charge in [-0.3, -0.25) is 20.2 Å². The number of esters is 1. The Morgan fingerprint density at radius 2 is 1.73 bits per heavy atom. The number of carbonyl (C=O) groups is 1. The fraction of sp³-hybridized carbons (Fsp3) is 0.143. The fourth-order valence-corrected chi connectivity index (χ4v) is 1.78. The Kier molecular flexibility index (Phi) is 6.77. The second kappa shape index (κ2) is 8.77. The number of pyridine rings is 1. The molecule has 0 fully saturated rings. The van der Waals surface area contributed by atoms with Crippen LogP contribution in [0.15, 0.2) is 36.7 Å². The van der Waals surface area contributed by atoms with Gasteiger partial charge in [0.25, 0.3) is 11.4 Å². The van der Waals surface area contributed by atoms with Gasteiger partial charge in [-0.25, -0.2) is 10.6 Å². The van der Waals surface area contributed by atoms with E-state index in [1.165, 1.54) is 31.5 Å². The summed E-state index contributed by atoms with van der Waals surface area (Å²) in [4.78, 5) is 30.7. The Bertz CT molecular complexity index is 840. The number of para-hydroxylation sites is 2. The molecule has 0 saturated heterocycles. The number of nitrogen functional groups attached to an aromatic ring is 1. The first kappa shape index (κ1) is 20.1. The lowest BCUT2D eigenvalue weighted by Crippen LogP contribution is -2.44. The van der Waals surface area contributed by atoms with Gasteiger partial charge in [0.15, 0.2) is 0 Å². The highest BCUT2D eigenvalue weighted by molar-refractivity contribution is 5.94. The number of nitrogens with two attached hydrogens (primary N) is 1. The summed E-state index contributed by atoms with van der Waals surface area (Å²) in [5.41, 5.74) is -1.12. The normalized spacial score (nSPS) is 9.46. The molecule has 2 rings (SSSR count). The zero-order valence-corrected chi connectivity index (χ0v) is 13.6. The zero-order valence-electron chi connectivity index (χ0n) is 13.6. The topological polar surface area (TPSA) is 175 Å². The van der Waals surface area contributed by atoms with Crippen molar-refractivity contribution in [3.8, 4) is 11.5 Å². The standard InChI is InChI=1S/C8H10N3O5.C6H5NO3/c1-15-6-4-10(9)3-5(8(12)16-2)7(6)11(13)14;8-6-4-2-1-3-5(6)7(9)10/h3-4H,9H2,1-2H3;1-4,8H/q+1;/p-1. The molecule has 1 aromatic heterocycles. The average Bonchev–Trinajstić information content (AvgIpc) is 2.60. The van der Waals surface area contributed by atoms with Gasteiger partial charge < -0.3 is 14.6 Å². The Morgan fingerprint density at radius 1 is 1.12 bits per heavy atom. The van der Waals surface area contributed by atoms with E-state index in [0.29, 0.717) is 0 Å². The second-order valence-corrected chi connectivity index (χ2v) is 4.51. The van der Waals surface area contributed by atoms with Crippen LogP contribution >= 0.6 is 0 Å². The van der Waals surface area contributed by atoms with E-state index in [-0.39, 0.29) is 17.0 Å². The molecule has 0 bridgehead atoms. The molecule has 0 saturated carbocycles. The molecule has 0 aliphatic rings. The maximum Gasteiger partial charge on any atom is 0.351 e. The number of aromatic nitrogens is 1. The van der Waals surface area contributed by atoms with E-state index < -0.39 is 27.3 Å². The summed E-state index contributed by atoms with van der Waals surface area (Å²) in [5.74, 6) is 3.88. The SMILES string of the molecule is COC(=O)c1c[n+](N)cc(OC)c1[N+](=O)[O-].O=[N+]([O-])c1ccccc1[O-]. The van der Waals surface area contributed by atoms with Crippen molar-refractivity contribution in [2.24, 2.45) is 0 Å².